The largest absolute Gasteiger partial charge is 0.504 e. The van der Waals surface area contributed by atoms with Crippen LogP contribution in [0.4, 0.5) is 0 Å². The molecule has 44 heavy (non-hydrogen) atoms. The SMILES string of the molecule is COc1c(O)cc2occ(-c3ccc(O[C@H]4O[C@@H](CO[C@@H]5O[C@@H](CO)[C@@H](O)[C@H](O)[C@H]5O)[C@@H](O)[C@H](O)[C@H]4O)cc3)c(=O)c2c1O. The van der Waals surface area contributed by atoms with E-state index < -0.39 is 91.6 Å². The van der Waals surface area contributed by atoms with Crippen LogP contribution in [0.5, 0.6) is 23.0 Å². The molecule has 0 amide bonds. The zero-order chi connectivity index (χ0) is 31.9. The lowest BCUT2D eigenvalue weighted by atomic mass is 9.98. The molecular formula is C28H32O16. The number of benzene rings is 2. The minimum absolute atomic E-state index is 0.0602. The van der Waals surface area contributed by atoms with Crippen molar-refractivity contribution in [1.29, 1.82) is 0 Å². The van der Waals surface area contributed by atoms with Gasteiger partial charge in [0.05, 0.1) is 25.9 Å². The molecule has 3 aromatic rings. The van der Waals surface area contributed by atoms with Crippen LogP contribution in [-0.2, 0) is 14.2 Å². The van der Waals surface area contributed by atoms with Crippen LogP contribution in [-0.4, -0.2) is 128 Å². The van der Waals surface area contributed by atoms with Crippen LogP contribution in [0, 0.1) is 0 Å². The van der Waals surface area contributed by atoms with Gasteiger partial charge in [0, 0.05) is 6.07 Å². The third kappa shape index (κ3) is 5.80. The Bertz CT molecular complexity index is 1510. The summed E-state index contributed by atoms with van der Waals surface area (Å²) in [4.78, 5) is 13.2. The predicted molar refractivity (Wildman–Crippen MR) is 145 cm³/mol. The summed E-state index contributed by atoms with van der Waals surface area (Å²) < 4.78 is 32.4. The molecule has 2 aromatic carbocycles. The molecule has 0 spiro atoms. The van der Waals surface area contributed by atoms with Crippen molar-refractivity contribution >= 4 is 11.0 Å². The number of fused-ring (bicyclic) bond motifs is 1. The van der Waals surface area contributed by atoms with E-state index in [1.807, 2.05) is 0 Å². The summed E-state index contributed by atoms with van der Waals surface area (Å²) in [5.41, 5.74) is -0.263. The topological polar surface area (TPSA) is 258 Å². The summed E-state index contributed by atoms with van der Waals surface area (Å²) >= 11 is 0. The maximum Gasteiger partial charge on any atom is 0.229 e. The highest BCUT2D eigenvalue weighted by Crippen LogP contribution is 2.41. The van der Waals surface area contributed by atoms with E-state index >= 15 is 0 Å². The first-order valence-electron chi connectivity index (χ1n) is 13.4. The van der Waals surface area contributed by atoms with E-state index in [0.717, 1.165) is 12.3 Å². The van der Waals surface area contributed by atoms with Gasteiger partial charge in [-0.15, -0.1) is 0 Å². The molecule has 5 rings (SSSR count). The third-order valence-corrected chi connectivity index (χ3v) is 7.54. The minimum atomic E-state index is -1.75. The van der Waals surface area contributed by atoms with Gasteiger partial charge in [0.15, 0.2) is 17.8 Å². The summed E-state index contributed by atoms with van der Waals surface area (Å²) in [5.74, 6) is -1.18. The number of hydrogen-bond donors (Lipinski definition) is 9. The second-order valence-electron chi connectivity index (χ2n) is 10.3. The maximum absolute atomic E-state index is 13.2. The van der Waals surface area contributed by atoms with Crippen molar-refractivity contribution in [3.05, 3.63) is 46.8 Å². The molecule has 1 aromatic heterocycles. The molecular weight excluding hydrogens is 592 g/mol. The molecule has 10 atom stereocenters. The third-order valence-electron chi connectivity index (χ3n) is 7.54. The van der Waals surface area contributed by atoms with E-state index in [4.69, 9.17) is 28.1 Å². The van der Waals surface area contributed by atoms with Crippen LogP contribution in [0.15, 0.2) is 45.8 Å². The highest BCUT2D eigenvalue weighted by molar-refractivity contribution is 5.91. The lowest BCUT2D eigenvalue weighted by Crippen LogP contribution is -2.62. The van der Waals surface area contributed by atoms with Gasteiger partial charge in [-0.2, -0.15) is 0 Å². The number of methoxy groups -OCH3 is 1. The number of ether oxygens (including phenoxy) is 5. The highest BCUT2D eigenvalue weighted by atomic mass is 16.7. The number of rotatable bonds is 8. The maximum atomic E-state index is 13.2. The fraction of sp³-hybridized carbons (Fsp3) is 0.464. The summed E-state index contributed by atoms with van der Waals surface area (Å²) in [6.07, 6.45) is -14.6. The molecule has 0 unspecified atom stereocenters. The normalized spacial score (nSPS) is 32.5. The Balaban J connectivity index is 1.29. The fourth-order valence-corrected chi connectivity index (χ4v) is 5.03. The van der Waals surface area contributed by atoms with E-state index in [1.165, 1.54) is 31.4 Å². The van der Waals surface area contributed by atoms with Gasteiger partial charge in [-0.1, -0.05) is 12.1 Å². The van der Waals surface area contributed by atoms with Crippen molar-refractivity contribution < 1.29 is 74.1 Å². The van der Waals surface area contributed by atoms with Crippen molar-refractivity contribution in [1.82, 2.24) is 0 Å². The number of phenolic OH excluding ortho intramolecular Hbond substituents is 2. The number of aromatic hydroxyl groups is 2. The average molecular weight is 625 g/mol. The van der Waals surface area contributed by atoms with Crippen molar-refractivity contribution in [2.24, 2.45) is 0 Å². The number of aliphatic hydroxyl groups is 7. The first kappa shape index (κ1) is 31.9. The molecule has 16 heteroatoms. The molecule has 3 heterocycles. The zero-order valence-electron chi connectivity index (χ0n) is 23.0. The molecule has 2 fully saturated rings. The Morgan fingerprint density at radius 2 is 1.43 bits per heavy atom. The Labute approximate surface area is 248 Å². The molecule has 0 aliphatic carbocycles. The average Bonchev–Trinajstić information content (AvgIpc) is 3.01. The lowest BCUT2D eigenvalue weighted by Gasteiger charge is -2.42. The van der Waals surface area contributed by atoms with E-state index in [9.17, 15) is 50.8 Å². The van der Waals surface area contributed by atoms with E-state index in [2.05, 4.69) is 0 Å². The predicted octanol–water partition coefficient (Wildman–Crippen LogP) is -2.12. The van der Waals surface area contributed by atoms with Crippen molar-refractivity contribution in [3.8, 4) is 34.1 Å². The highest BCUT2D eigenvalue weighted by Gasteiger charge is 2.47. The molecule has 240 valence electrons. The summed E-state index contributed by atoms with van der Waals surface area (Å²) in [6.45, 7) is -1.21. The van der Waals surface area contributed by atoms with Gasteiger partial charge >= 0.3 is 0 Å². The van der Waals surface area contributed by atoms with Crippen LogP contribution < -0.4 is 14.9 Å². The second-order valence-corrected chi connectivity index (χ2v) is 10.3. The second kappa shape index (κ2) is 12.8. The molecule has 0 saturated carbocycles. The van der Waals surface area contributed by atoms with Gasteiger partial charge in [0.2, 0.25) is 17.5 Å². The quantitative estimate of drug-likeness (QED) is 0.130. The van der Waals surface area contributed by atoms with Crippen molar-refractivity contribution in [2.75, 3.05) is 20.3 Å². The molecule has 2 aliphatic rings. The monoisotopic (exact) mass is 624 g/mol. The smallest absolute Gasteiger partial charge is 0.229 e. The summed E-state index contributed by atoms with van der Waals surface area (Å²) in [5, 5.41) is 90.9. The molecule has 2 aliphatic heterocycles. The Morgan fingerprint density at radius 1 is 0.818 bits per heavy atom. The van der Waals surface area contributed by atoms with Crippen molar-refractivity contribution in [3.63, 3.8) is 0 Å². The Kier molecular flexibility index (Phi) is 9.28. The van der Waals surface area contributed by atoms with Crippen LogP contribution in [0.2, 0.25) is 0 Å². The van der Waals surface area contributed by atoms with Crippen LogP contribution in [0.25, 0.3) is 22.1 Å². The van der Waals surface area contributed by atoms with Crippen LogP contribution in [0.1, 0.15) is 0 Å². The fourth-order valence-electron chi connectivity index (χ4n) is 5.03. The molecule has 9 N–H and O–H groups in total. The standard InChI is InChI=1S/C28H32O16/c1-39-26-13(30)6-14-17(21(26)34)18(31)12(8-40-14)10-2-4-11(5-3-10)42-28-25(38)23(36)20(33)16(44-28)9-41-27-24(37)22(35)19(32)15(7-29)43-27/h2-6,8,15-16,19-20,22-25,27-30,32-38H,7,9H2,1H3/t15-,16-,19+,20+,22-,23-,24+,25+,27+,28-/m0/s1. The van der Waals surface area contributed by atoms with Gasteiger partial charge in [-0.25, -0.2) is 0 Å². The number of phenols is 2. The molecule has 0 bridgehead atoms. The van der Waals surface area contributed by atoms with Gasteiger partial charge < -0.3 is 74.1 Å². The summed E-state index contributed by atoms with van der Waals surface area (Å²) in [7, 11) is 1.22. The molecule has 2 saturated heterocycles. The lowest BCUT2D eigenvalue weighted by molar-refractivity contribution is -0.323. The van der Waals surface area contributed by atoms with Crippen molar-refractivity contribution in [2.45, 2.75) is 61.4 Å². The first-order valence-corrected chi connectivity index (χ1v) is 13.4. The Morgan fingerprint density at radius 3 is 2.07 bits per heavy atom. The minimum Gasteiger partial charge on any atom is -0.504 e. The molecule has 16 nitrogen and oxygen atoms in total. The Hall–Kier alpha value is -3.55. The van der Waals surface area contributed by atoms with E-state index in [1.54, 1.807) is 0 Å². The van der Waals surface area contributed by atoms with Gasteiger partial charge in [-0.3, -0.25) is 4.79 Å². The van der Waals surface area contributed by atoms with Gasteiger partial charge in [0.25, 0.3) is 0 Å². The zero-order valence-corrected chi connectivity index (χ0v) is 23.0. The number of aliphatic hydroxyl groups excluding tert-OH is 7. The van der Waals surface area contributed by atoms with E-state index in [0.29, 0.717) is 5.56 Å². The number of hydrogen-bond acceptors (Lipinski definition) is 16. The van der Waals surface area contributed by atoms with Gasteiger partial charge in [0.1, 0.15) is 71.8 Å². The van der Waals surface area contributed by atoms with E-state index in [-0.39, 0.29) is 28.0 Å². The molecule has 0 radical (unpaired) electrons. The summed E-state index contributed by atoms with van der Waals surface area (Å²) in [6, 6.07) is 6.93. The van der Waals surface area contributed by atoms with Crippen LogP contribution in [0.3, 0.4) is 0 Å². The first-order chi connectivity index (χ1) is 21.0. The van der Waals surface area contributed by atoms with Crippen LogP contribution >= 0.6 is 0 Å². The van der Waals surface area contributed by atoms with Gasteiger partial charge in [-0.05, 0) is 17.7 Å².